The molecule has 0 aliphatic heterocycles. The van der Waals surface area contributed by atoms with Crippen LogP contribution >= 0.6 is 15.9 Å². The van der Waals surface area contributed by atoms with Crippen molar-refractivity contribution >= 4 is 21.7 Å². The Morgan fingerprint density at radius 1 is 1.10 bits per heavy atom. The number of ketones is 1. The van der Waals surface area contributed by atoms with Crippen molar-refractivity contribution in [1.29, 1.82) is 0 Å². The molecule has 0 heterocycles. The number of hydrogen-bond acceptors (Lipinski definition) is 1. The normalized spacial score (nSPS) is 10.8. The Bertz CT molecular complexity index is 700. The fourth-order valence-corrected chi connectivity index (χ4v) is 2.97. The first-order valence-corrected chi connectivity index (χ1v) is 7.34. The van der Waals surface area contributed by atoms with Crippen LogP contribution in [0.15, 0.2) is 28.7 Å². The minimum atomic E-state index is -0.717. The van der Waals surface area contributed by atoms with Crippen molar-refractivity contribution in [1.82, 2.24) is 0 Å². The molecule has 0 atom stereocenters. The largest absolute Gasteiger partial charge is 0.294 e. The lowest BCUT2D eigenvalue weighted by Crippen LogP contribution is -2.11. The molecule has 0 unspecified atom stereocenters. The molecule has 0 aliphatic carbocycles. The molecule has 2 rings (SSSR count). The molecule has 110 valence electrons. The monoisotopic (exact) mass is 352 g/mol. The van der Waals surface area contributed by atoms with Gasteiger partial charge in [0, 0.05) is 17.5 Å². The van der Waals surface area contributed by atoms with Gasteiger partial charge in [-0.2, -0.15) is 0 Å². The van der Waals surface area contributed by atoms with Crippen LogP contribution in [0.1, 0.15) is 32.6 Å². The van der Waals surface area contributed by atoms with Gasteiger partial charge >= 0.3 is 0 Å². The number of hydrogen-bond donors (Lipinski definition) is 0. The van der Waals surface area contributed by atoms with E-state index in [0.717, 1.165) is 22.8 Å². The number of benzene rings is 2. The van der Waals surface area contributed by atoms with Crippen LogP contribution in [0, 0.1) is 32.4 Å². The van der Waals surface area contributed by atoms with Gasteiger partial charge in [-0.05, 0) is 60.0 Å². The summed E-state index contributed by atoms with van der Waals surface area (Å²) in [5.41, 5.74) is 3.05. The molecule has 0 fully saturated rings. The van der Waals surface area contributed by atoms with Crippen molar-refractivity contribution in [2.45, 2.75) is 27.2 Å². The van der Waals surface area contributed by atoms with E-state index in [2.05, 4.69) is 15.9 Å². The van der Waals surface area contributed by atoms with Crippen LogP contribution in [0.3, 0.4) is 0 Å². The van der Waals surface area contributed by atoms with E-state index in [9.17, 15) is 13.6 Å². The molecule has 0 N–H and O–H groups in total. The van der Waals surface area contributed by atoms with Crippen LogP contribution in [-0.4, -0.2) is 5.78 Å². The van der Waals surface area contributed by atoms with Crippen LogP contribution < -0.4 is 0 Å². The van der Waals surface area contributed by atoms with E-state index in [-0.39, 0.29) is 22.2 Å². The Balaban J connectivity index is 2.42. The van der Waals surface area contributed by atoms with Gasteiger partial charge in [0.2, 0.25) is 0 Å². The third kappa shape index (κ3) is 3.21. The first-order chi connectivity index (χ1) is 9.81. The second-order valence-electron chi connectivity index (χ2n) is 5.20. The molecule has 0 saturated heterocycles. The van der Waals surface area contributed by atoms with Crippen molar-refractivity contribution in [2.24, 2.45) is 0 Å². The second kappa shape index (κ2) is 6.06. The summed E-state index contributed by atoms with van der Waals surface area (Å²) in [5.74, 6) is -1.70. The quantitative estimate of drug-likeness (QED) is 0.556. The molecule has 4 heteroatoms. The van der Waals surface area contributed by atoms with E-state index in [4.69, 9.17) is 0 Å². The minimum absolute atomic E-state index is 0.157. The zero-order valence-corrected chi connectivity index (χ0v) is 13.6. The van der Waals surface area contributed by atoms with Gasteiger partial charge in [0.25, 0.3) is 0 Å². The van der Waals surface area contributed by atoms with Gasteiger partial charge in [0.05, 0.1) is 4.47 Å². The number of rotatable bonds is 3. The average molecular weight is 353 g/mol. The summed E-state index contributed by atoms with van der Waals surface area (Å²) in [6.45, 7) is 5.61. The number of carbonyl (C=O) groups is 1. The Kier molecular flexibility index (Phi) is 4.57. The summed E-state index contributed by atoms with van der Waals surface area (Å²) < 4.78 is 27.9. The Hall–Kier alpha value is -1.55. The summed E-state index contributed by atoms with van der Waals surface area (Å²) in [6, 6.07) is 6.24. The number of halogens is 3. The van der Waals surface area contributed by atoms with Crippen molar-refractivity contribution in [3.63, 3.8) is 0 Å². The number of Topliss-reactive ketones (excluding diaryl/α,β-unsaturated/α-hetero) is 1. The highest BCUT2D eigenvalue weighted by Gasteiger charge is 2.19. The first kappa shape index (κ1) is 15.8. The number of carbonyl (C=O) groups excluding carboxylic acids is 1. The summed E-state index contributed by atoms with van der Waals surface area (Å²) in [7, 11) is 0. The zero-order chi connectivity index (χ0) is 15.7. The van der Waals surface area contributed by atoms with Crippen LogP contribution in [0.4, 0.5) is 8.78 Å². The van der Waals surface area contributed by atoms with E-state index in [0.29, 0.717) is 5.56 Å². The molecular formula is C17H15BrF2O. The second-order valence-corrected chi connectivity index (χ2v) is 6.05. The lowest BCUT2D eigenvalue weighted by atomic mass is 9.93. The maximum Gasteiger partial charge on any atom is 0.167 e. The Morgan fingerprint density at radius 2 is 1.67 bits per heavy atom. The van der Waals surface area contributed by atoms with Crippen molar-refractivity contribution < 1.29 is 13.6 Å². The fraction of sp³-hybridized carbons (Fsp3) is 0.235. The van der Waals surface area contributed by atoms with E-state index in [1.165, 1.54) is 6.07 Å². The third-order valence-electron chi connectivity index (χ3n) is 3.43. The highest BCUT2D eigenvalue weighted by Crippen LogP contribution is 2.24. The summed E-state index contributed by atoms with van der Waals surface area (Å²) in [6.07, 6.45) is -0.290. The van der Waals surface area contributed by atoms with Crippen LogP contribution in [-0.2, 0) is 6.42 Å². The fourth-order valence-electron chi connectivity index (χ4n) is 2.60. The predicted molar refractivity (Wildman–Crippen MR) is 82.7 cm³/mol. The van der Waals surface area contributed by atoms with E-state index in [1.54, 1.807) is 0 Å². The molecule has 0 bridgehead atoms. The molecule has 0 spiro atoms. The topological polar surface area (TPSA) is 17.1 Å². The number of aryl methyl sites for hydroxylation is 3. The molecule has 0 saturated carbocycles. The average Bonchev–Trinajstić information content (AvgIpc) is 2.38. The lowest BCUT2D eigenvalue weighted by Gasteiger charge is -2.11. The summed E-state index contributed by atoms with van der Waals surface area (Å²) >= 11 is 3.01. The molecule has 0 aromatic heterocycles. The van der Waals surface area contributed by atoms with E-state index >= 15 is 0 Å². The highest BCUT2D eigenvalue weighted by molar-refractivity contribution is 9.10. The van der Waals surface area contributed by atoms with Gasteiger partial charge in [-0.25, -0.2) is 8.78 Å². The maximum atomic E-state index is 14.0. The third-order valence-corrected chi connectivity index (χ3v) is 4.04. The van der Waals surface area contributed by atoms with Crippen LogP contribution in [0.2, 0.25) is 0 Å². The van der Waals surface area contributed by atoms with Crippen molar-refractivity contribution in [3.8, 4) is 0 Å². The predicted octanol–water partition coefficient (Wildman–Crippen LogP) is 5.08. The van der Waals surface area contributed by atoms with Gasteiger partial charge in [-0.1, -0.05) is 17.7 Å². The molecular weight excluding hydrogens is 338 g/mol. The smallest absolute Gasteiger partial charge is 0.167 e. The molecule has 2 aromatic carbocycles. The molecule has 0 amide bonds. The standard InChI is InChI=1S/C17H15BrF2O/c1-9-6-10(2)16(11(3)7-9)15(21)8-12-14(19)5-4-13(18)17(12)20/h4-7H,8H2,1-3H3. The maximum absolute atomic E-state index is 14.0. The van der Waals surface area contributed by atoms with Crippen molar-refractivity contribution in [3.05, 3.63) is 68.2 Å². The molecule has 0 aliphatic rings. The van der Waals surface area contributed by atoms with Gasteiger partial charge in [-0.15, -0.1) is 0 Å². The first-order valence-electron chi connectivity index (χ1n) is 6.54. The van der Waals surface area contributed by atoms with Crippen molar-refractivity contribution in [2.75, 3.05) is 0 Å². The van der Waals surface area contributed by atoms with Gasteiger partial charge in [-0.3, -0.25) is 4.79 Å². The van der Waals surface area contributed by atoms with Gasteiger partial charge in [0.15, 0.2) is 5.78 Å². The van der Waals surface area contributed by atoms with Gasteiger partial charge in [0.1, 0.15) is 11.6 Å². The Morgan fingerprint density at radius 3 is 2.24 bits per heavy atom. The summed E-state index contributed by atoms with van der Waals surface area (Å²) in [5, 5.41) is 0. The molecule has 0 radical (unpaired) electrons. The van der Waals surface area contributed by atoms with E-state index < -0.39 is 11.6 Å². The SMILES string of the molecule is Cc1cc(C)c(C(=O)Cc2c(F)ccc(Br)c2F)c(C)c1. The Labute approximate surface area is 131 Å². The molecule has 2 aromatic rings. The lowest BCUT2D eigenvalue weighted by molar-refractivity contribution is 0.0989. The highest BCUT2D eigenvalue weighted by atomic mass is 79.9. The molecule has 21 heavy (non-hydrogen) atoms. The van der Waals surface area contributed by atoms with E-state index in [1.807, 2.05) is 32.9 Å². The van der Waals surface area contributed by atoms with Crippen LogP contribution in [0.5, 0.6) is 0 Å². The van der Waals surface area contributed by atoms with Crippen LogP contribution in [0.25, 0.3) is 0 Å². The zero-order valence-electron chi connectivity index (χ0n) is 12.1. The molecule has 1 nitrogen and oxygen atoms in total. The minimum Gasteiger partial charge on any atom is -0.294 e. The van der Waals surface area contributed by atoms with Gasteiger partial charge < -0.3 is 0 Å². The summed E-state index contributed by atoms with van der Waals surface area (Å²) in [4.78, 5) is 12.4.